The van der Waals surface area contributed by atoms with Gasteiger partial charge in [0.1, 0.15) is 17.5 Å². The van der Waals surface area contributed by atoms with Crippen LogP contribution >= 0.6 is 24.0 Å². The number of methoxy groups -OCH3 is 2. The number of ether oxygens (including phenoxy) is 4. The average molecular weight is 458 g/mol. The fraction of sp³-hybridized carbons (Fsp3) is 0.217. The first kappa shape index (κ1) is 22.7. The number of thiocarbonyl (C=S) groups is 1. The van der Waals surface area contributed by atoms with Crippen LogP contribution in [0.1, 0.15) is 11.1 Å². The summed E-state index contributed by atoms with van der Waals surface area (Å²) in [6, 6.07) is 11.2. The first-order valence-corrected chi connectivity index (χ1v) is 10.7. The van der Waals surface area contributed by atoms with Gasteiger partial charge in [0, 0.05) is 0 Å². The predicted octanol–water partition coefficient (Wildman–Crippen LogP) is 4.38. The third-order valence-corrected chi connectivity index (χ3v) is 5.50. The summed E-state index contributed by atoms with van der Waals surface area (Å²) in [6.07, 6.45) is 4.37. The molecule has 1 fully saturated rings. The maximum atomic E-state index is 11.8. The molecule has 1 saturated heterocycles. The van der Waals surface area contributed by atoms with Crippen molar-refractivity contribution in [2.75, 3.05) is 27.4 Å². The summed E-state index contributed by atoms with van der Waals surface area (Å²) in [5, 5.41) is 2.60. The Balaban J connectivity index is 1.59. The van der Waals surface area contributed by atoms with Gasteiger partial charge in [0.05, 0.1) is 19.1 Å². The van der Waals surface area contributed by atoms with Gasteiger partial charge in [-0.25, -0.2) is 0 Å². The van der Waals surface area contributed by atoms with Crippen LogP contribution in [0.3, 0.4) is 0 Å². The second-order valence-electron chi connectivity index (χ2n) is 6.44. The molecule has 0 spiro atoms. The van der Waals surface area contributed by atoms with Gasteiger partial charge in [0.2, 0.25) is 0 Å². The lowest BCUT2D eigenvalue weighted by Gasteiger charge is -2.14. The Hall–Kier alpha value is -2.97. The summed E-state index contributed by atoms with van der Waals surface area (Å²) >= 11 is 6.24. The summed E-state index contributed by atoms with van der Waals surface area (Å²) in [7, 11) is 3.18. The number of carbonyl (C=O) groups excluding carboxylic acids is 1. The zero-order chi connectivity index (χ0) is 22.2. The van der Waals surface area contributed by atoms with Crippen molar-refractivity contribution < 1.29 is 23.7 Å². The molecule has 0 aliphatic carbocycles. The van der Waals surface area contributed by atoms with Crippen LogP contribution in [-0.2, 0) is 11.2 Å². The molecule has 1 N–H and O–H groups in total. The lowest BCUT2D eigenvalue weighted by atomic mass is 10.1. The van der Waals surface area contributed by atoms with Crippen molar-refractivity contribution in [3.8, 4) is 23.0 Å². The van der Waals surface area contributed by atoms with E-state index < -0.39 is 0 Å². The van der Waals surface area contributed by atoms with Gasteiger partial charge >= 0.3 is 0 Å². The lowest BCUT2D eigenvalue weighted by molar-refractivity contribution is -0.115. The highest BCUT2D eigenvalue weighted by atomic mass is 32.2. The third-order valence-electron chi connectivity index (χ3n) is 4.33. The van der Waals surface area contributed by atoms with Crippen molar-refractivity contribution >= 4 is 40.3 Å². The number of nitrogens with one attached hydrogen (secondary N) is 1. The van der Waals surface area contributed by atoms with E-state index in [9.17, 15) is 4.79 Å². The number of hydrogen-bond acceptors (Lipinski definition) is 7. The molecule has 31 heavy (non-hydrogen) atoms. The Bertz CT molecular complexity index is 1020. The zero-order valence-electron chi connectivity index (χ0n) is 17.3. The molecule has 1 amide bonds. The van der Waals surface area contributed by atoms with Gasteiger partial charge in [0.15, 0.2) is 23.0 Å². The molecule has 1 aliphatic rings. The van der Waals surface area contributed by atoms with Gasteiger partial charge in [-0.3, -0.25) is 4.79 Å². The maximum Gasteiger partial charge on any atom is 0.263 e. The molecule has 0 bridgehead atoms. The van der Waals surface area contributed by atoms with E-state index in [2.05, 4.69) is 11.9 Å². The summed E-state index contributed by atoms with van der Waals surface area (Å²) in [4.78, 5) is 12.4. The first-order chi connectivity index (χ1) is 15.0. The van der Waals surface area contributed by atoms with Gasteiger partial charge in [-0.2, -0.15) is 0 Å². The Morgan fingerprint density at radius 2 is 1.65 bits per heavy atom. The van der Waals surface area contributed by atoms with Crippen LogP contribution in [0.5, 0.6) is 23.0 Å². The Kier molecular flexibility index (Phi) is 7.97. The Morgan fingerprint density at radius 3 is 2.23 bits per heavy atom. The van der Waals surface area contributed by atoms with Crippen LogP contribution in [0.4, 0.5) is 0 Å². The number of hydrogen-bond donors (Lipinski definition) is 1. The molecule has 1 aliphatic heterocycles. The van der Waals surface area contributed by atoms with Crippen molar-refractivity contribution in [1.29, 1.82) is 0 Å². The fourth-order valence-corrected chi connectivity index (χ4v) is 3.94. The van der Waals surface area contributed by atoms with E-state index >= 15 is 0 Å². The molecule has 0 unspecified atom stereocenters. The molecule has 3 rings (SSSR count). The molecule has 6 nitrogen and oxygen atoms in total. The lowest BCUT2D eigenvalue weighted by Crippen LogP contribution is -2.17. The zero-order valence-corrected chi connectivity index (χ0v) is 18.9. The van der Waals surface area contributed by atoms with Crippen molar-refractivity contribution in [1.82, 2.24) is 5.32 Å². The molecule has 0 saturated carbocycles. The van der Waals surface area contributed by atoms with Gasteiger partial charge in [-0.15, -0.1) is 6.58 Å². The minimum Gasteiger partial charge on any atom is -0.493 e. The molecule has 162 valence electrons. The summed E-state index contributed by atoms with van der Waals surface area (Å²) in [6.45, 7) is 4.40. The molecular weight excluding hydrogens is 434 g/mol. The van der Waals surface area contributed by atoms with Gasteiger partial charge in [-0.05, 0) is 47.9 Å². The second kappa shape index (κ2) is 10.9. The van der Waals surface area contributed by atoms with E-state index in [-0.39, 0.29) is 5.91 Å². The van der Waals surface area contributed by atoms with Crippen LogP contribution in [0, 0.1) is 0 Å². The third kappa shape index (κ3) is 6.02. The van der Waals surface area contributed by atoms with Gasteiger partial charge in [-0.1, -0.05) is 42.2 Å². The van der Waals surface area contributed by atoms with Crippen molar-refractivity contribution in [3.05, 3.63) is 65.1 Å². The number of allylic oxidation sites excluding steroid dienone is 1. The van der Waals surface area contributed by atoms with E-state index in [1.54, 1.807) is 32.4 Å². The van der Waals surface area contributed by atoms with Crippen molar-refractivity contribution in [2.45, 2.75) is 6.42 Å². The van der Waals surface area contributed by atoms with Crippen LogP contribution < -0.4 is 24.3 Å². The second-order valence-corrected chi connectivity index (χ2v) is 8.16. The Labute approximate surface area is 191 Å². The molecule has 8 heteroatoms. The standard InChI is InChI=1S/C23H23NO5S2/c1-4-5-15-6-8-17(19(12-15)26-2)28-10-11-29-18-9-7-16(13-20(18)27-3)14-21-22(25)24-23(30)31-21/h4,6-9,12-14H,1,5,10-11H2,2-3H3,(H,24,25,30). The van der Waals surface area contributed by atoms with Crippen molar-refractivity contribution in [2.24, 2.45) is 0 Å². The topological polar surface area (TPSA) is 66.0 Å². The molecule has 2 aromatic carbocycles. The molecule has 2 aromatic rings. The fourth-order valence-electron chi connectivity index (χ4n) is 2.89. The van der Waals surface area contributed by atoms with Gasteiger partial charge < -0.3 is 24.3 Å². The van der Waals surface area contributed by atoms with Crippen LogP contribution in [0.25, 0.3) is 6.08 Å². The number of amides is 1. The minimum absolute atomic E-state index is 0.195. The van der Waals surface area contributed by atoms with E-state index in [1.807, 2.05) is 30.3 Å². The quantitative estimate of drug-likeness (QED) is 0.246. The molecular formula is C23H23NO5S2. The van der Waals surface area contributed by atoms with E-state index in [0.717, 1.165) is 17.5 Å². The number of carbonyl (C=O) groups is 1. The SMILES string of the molecule is C=CCc1ccc(OCCOc2ccc(C=C3SC(=S)NC3=O)cc2OC)c(OC)c1. The molecule has 0 atom stereocenters. The smallest absolute Gasteiger partial charge is 0.263 e. The highest BCUT2D eigenvalue weighted by Gasteiger charge is 2.22. The summed E-state index contributed by atoms with van der Waals surface area (Å²) < 4.78 is 22.9. The number of benzene rings is 2. The van der Waals surface area contributed by atoms with Crippen molar-refractivity contribution in [3.63, 3.8) is 0 Å². The largest absolute Gasteiger partial charge is 0.493 e. The number of thioether (sulfide) groups is 1. The van der Waals surface area contributed by atoms with E-state index in [0.29, 0.717) is 45.4 Å². The highest BCUT2D eigenvalue weighted by molar-refractivity contribution is 8.26. The summed E-state index contributed by atoms with van der Waals surface area (Å²) in [5.41, 5.74) is 1.91. The number of rotatable bonds is 10. The van der Waals surface area contributed by atoms with Crippen LogP contribution in [-0.4, -0.2) is 37.7 Å². The van der Waals surface area contributed by atoms with Gasteiger partial charge in [0.25, 0.3) is 5.91 Å². The minimum atomic E-state index is -0.195. The maximum absolute atomic E-state index is 11.8. The molecule has 0 radical (unpaired) electrons. The molecule has 0 aromatic heterocycles. The molecule has 1 heterocycles. The monoisotopic (exact) mass is 457 g/mol. The Morgan fingerprint density at radius 1 is 1.00 bits per heavy atom. The predicted molar refractivity (Wildman–Crippen MR) is 127 cm³/mol. The normalized spacial score (nSPS) is 14.3. The van der Waals surface area contributed by atoms with Crippen LogP contribution in [0.15, 0.2) is 54.0 Å². The summed E-state index contributed by atoms with van der Waals surface area (Å²) in [5.74, 6) is 2.27. The van der Waals surface area contributed by atoms with E-state index in [4.69, 9.17) is 31.2 Å². The average Bonchev–Trinajstić information content (AvgIpc) is 3.09. The first-order valence-electron chi connectivity index (χ1n) is 9.50. The van der Waals surface area contributed by atoms with E-state index in [1.165, 1.54) is 11.8 Å². The highest BCUT2D eigenvalue weighted by Crippen LogP contribution is 2.32. The van der Waals surface area contributed by atoms with Crippen LogP contribution in [0.2, 0.25) is 0 Å².